The summed E-state index contributed by atoms with van der Waals surface area (Å²) in [5.74, 6) is 1.13. The van der Waals surface area contributed by atoms with Crippen molar-refractivity contribution < 1.29 is 23.8 Å². The fourth-order valence-electron chi connectivity index (χ4n) is 3.86. The van der Waals surface area contributed by atoms with Crippen molar-refractivity contribution in [2.24, 2.45) is 0 Å². The van der Waals surface area contributed by atoms with Crippen LogP contribution in [-0.4, -0.2) is 67.3 Å². The molecule has 0 radical (unpaired) electrons. The number of amides is 2. The van der Waals surface area contributed by atoms with Gasteiger partial charge in [0.15, 0.2) is 0 Å². The number of benzene rings is 3. The van der Waals surface area contributed by atoms with Crippen LogP contribution >= 0.6 is 0 Å². The Morgan fingerprint density at radius 2 is 1.50 bits per heavy atom. The van der Waals surface area contributed by atoms with E-state index in [0.717, 1.165) is 17.0 Å². The minimum Gasteiger partial charge on any atom is -0.497 e. The molecule has 3 aromatic carbocycles. The molecule has 2 amide bonds. The average Bonchev–Trinajstić information content (AvgIpc) is 3.38. The lowest BCUT2D eigenvalue weighted by Crippen LogP contribution is -2.40. The number of carbonyl (C=O) groups is 2. The van der Waals surface area contributed by atoms with Gasteiger partial charge in [-0.05, 0) is 60.7 Å². The van der Waals surface area contributed by atoms with Crippen LogP contribution in [0.5, 0.6) is 11.5 Å². The number of anilines is 1. The van der Waals surface area contributed by atoms with Gasteiger partial charge in [-0.1, -0.05) is 18.2 Å². The Bertz CT molecular complexity index is 1350. The van der Waals surface area contributed by atoms with E-state index in [2.05, 4.69) is 5.32 Å². The zero-order chi connectivity index (χ0) is 26.9. The van der Waals surface area contributed by atoms with E-state index < -0.39 is 0 Å². The summed E-state index contributed by atoms with van der Waals surface area (Å²) in [5, 5.41) is 2.89. The minimum absolute atomic E-state index is 0.162. The summed E-state index contributed by atoms with van der Waals surface area (Å²) < 4.78 is 17.5. The molecule has 0 saturated heterocycles. The van der Waals surface area contributed by atoms with E-state index in [9.17, 15) is 9.59 Å². The van der Waals surface area contributed by atoms with E-state index in [-0.39, 0.29) is 24.9 Å². The first-order valence-electron chi connectivity index (χ1n) is 12.0. The lowest BCUT2D eigenvalue weighted by Gasteiger charge is -2.22. The van der Waals surface area contributed by atoms with Crippen LogP contribution in [0.25, 0.3) is 16.9 Å². The van der Waals surface area contributed by atoms with E-state index >= 15 is 0 Å². The number of ether oxygens (including phenoxy) is 3. The van der Waals surface area contributed by atoms with Gasteiger partial charge in [-0.3, -0.25) is 19.5 Å². The Morgan fingerprint density at radius 1 is 0.868 bits per heavy atom. The highest BCUT2D eigenvalue weighted by molar-refractivity contribution is 5.99. The van der Waals surface area contributed by atoms with Gasteiger partial charge >= 0.3 is 0 Å². The quantitative estimate of drug-likeness (QED) is 0.321. The number of hydrogen-bond donors (Lipinski definition) is 1. The molecule has 4 aromatic rings. The molecule has 38 heavy (non-hydrogen) atoms. The summed E-state index contributed by atoms with van der Waals surface area (Å²) in [4.78, 5) is 32.4. The molecule has 196 valence electrons. The second-order valence-electron chi connectivity index (χ2n) is 8.38. The van der Waals surface area contributed by atoms with Crippen molar-refractivity contribution in [2.45, 2.75) is 0 Å². The largest absolute Gasteiger partial charge is 0.497 e. The Balaban J connectivity index is 1.61. The summed E-state index contributed by atoms with van der Waals surface area (Å²) in [7, 11) is 4.77. The maximum absolute atomic E-state index is 13.2. The summed E-state index contributed by atoms with van der Waals surface area (Å²) >= 11 is 0. The first kappa shape index (κ1) is 26.4. The molecule has 9 heteroatoms. The van der Waals surface area contributed by atoms with Gasteiger partial charge in [0.1, 0.15) is 18.0 Å². The van der Waals surface area contributed by atoms with Crippen LogP contribution in [0.1, 0.15) is 10.4 Å². The van der Waals surface area contributed by atoms with E-state index in [1.54, 1.807) is 50.2 Å². The topological polar surface area (TPSA) is 94.9 Å². The SMILES string of the molecule is COCCN(CC(=O)Nc1nc(-c2ccc(OC)cc2)cn1-c1ccc(OC)cc1)C(=O)c1ccccc1. The lowest BCUT2D eigenvalue weighted by atomic mass is 10.1. The van der Waals surface area contributed by atoms with Crippen LogP contribution in [0.15, 0.2) is 85.1 Å². The van der Waals surface area contributed by atoms with Crippen molar-refractivity contribution in [3.8, 4) is 28.4 Å². The van der Waals surface area contributed by atoms with Crippen molar-refractivity contribution in [1.29, 1.82) is 0 Å². The highest BCUT2D eigenvalue weighted by Crippen LogP contribution is 2.27. The molecule has 9 nitrogen and oxygen atoms in total. The standard InChI is InChI=1S/C29H30N4O5/c1-36-18-17-32(28(35)22-7-5-4-6-8-22)20-27(34)31-29-30-26(21-9-13-24(37-2)14-10-21)19-33(29)23-11-15-25(38-3)16-12-23/h4-16,19H,17-18,20H2,1-3H3,(H,30,31,34). The Labute approximate surface area is 221 Å². The normalized spacial score (nSPS) is 10.6. The van der Waals surface area contributed by atoms with Crippen LogP contribution in [0.2, 0.25) is 0 Å². The van der Waals surface area contributed by atoms with Gasteiger partial charge in [0, 0.05) is 36.7 Å². The number of aromatic nitrogens is 2. The van der Waals surface area contributed by atoms with Gasteiger partial charge < -0.3 is 19.1 Å². The van der Waals surface area contributed by atoms with Crippen LogP contribution in [0.4, 0.5) is 5.95 Å². The van der Waals surface area contributed by atoms with Gasteiger partial charge in [0.2, 0.25) is 11.9 Å². The number of nitrogens with one attached hydrogen (secondary N) is 1. The summed E-state index contributed by atoms with van der Waals surface area (Å²) in [6.07, 6.45) is 1.84. The van der Waals surface area contributed by atoms with Gasteiger partial charge in [-0.2, -0.15) is 0 Å². The molecule has 0 bridgehead atoms. The van der Waals surface area contributed by atoms with Crippen molar-refractivity contribution in [3.05, 3.63) is 90.6 Å². The fourth-order valence-corrected chi connectivity index (χ4v) is 3.86. The smallest absolute Gasteiger partial charge is 0.254 e. The number of nitrogens with zero attached hydrogens (tertiary/aromatic N) is 3. The number of hydrogen-bond acceptors (Lipinski definition) is 6. The van der Waals surface area contributed by atoms with Crippen molar-refractivity contribution in [3.63, 3.8) is 0 Å². The summed E-state index contributed by atoms with van der Waals surface area (Å²) in [5.41, 5.74) is 2.80. The van der Waals surface area contributed by atoms with Gasteiger partial charge in [0.05, 0.1) is 26.5 Å². The predicted molar refractivity (Wildman–Crippen MR) is 145 cm³/mol. The van der Waals surface area contributed by atoms with E-state index in [1.807, 2.05) is 60.8 Å². The van der Waals surface area contributed by atoms with E-state index in [4.69, 9.17) is 19.2 Å². The Kier molecular flexibility index (Phi) is 8.73. The number of rotatable bonds is 11. The number of carbonyl (C=O) groups excluding carboxylic acids is 2. The fraction of sp³-hybridized carbons (Fsp3) is 0.207. The molecule has 0 aliphatic rings. The van der Waals surface area contributed by atoms with E-state index in [1.165, 1.54) is 4.90 Å². The molecule has 0 aliphatic heterocycles. The maximum atomic E-state index is 13.2. The second kappa shape index (κ2) is 12.6. The molecule has 0 atom stereocenters. The van der Waals surface area contributed by atoms with Gasteiger partial charge in [0.25, 0.3) is 5.91 Å². The van der Waals surface area contributed by atoms with Crippen molar-refractivity contribution in [2.75, 3.05) is 46.3 Å². The number of methoxy groups -OCH3 is 3. The van der Waals surface area contributed by atoms with E-state index in [0.29, 0.717) is 29.6 Å². The third-order valence-electron chi connectivity index (χ3n) is 5.90. The third-order valence-corrected chi connectivity index (χ3v) is 5.90. The van der Waals surface area contributed by atoms with Crippen molar-refractivity contribution in [1.82, 2.24) is 14.5 Å². The minimum atomic E-state index is -0.382. The zero-order valence-electron chi connectivity index (χ0n) is 21.6. The molecule has 1 N–H and O–H groups in total. The Hall–Kier alpha value is -4.63. The molecule has 0 spiro atoms. The average molecular weight is 515 g/mol. The first-order chi connectivity index (χ1) is 18.5. The molecular weight excluding hydrogens is 484 g/mol. The van der Waals surface area contributed by atoms with Crippen LogP contribution in [0, 0.1) is 0 Å². The summed E-state index contributed by atoms with van der Waals surface area (Å²) in [6.45, 7) is 0.403. The molecule has 0 saturated carbocycles. The van der Waals surface area contributed by atoms with Gasteiger partial charge in [-0.25, -0.2) is 4.98 Å². The van der Waals surface area contributed by atoms with Crippen LogP contribution in [0.3, 0.4) is 0 Å². The number of imidazole rings is 1. The molecule has 0 fully saturated rings. The predicted octanol–water partition coefficient (Wildman–Crippen LogP) is 4.28. The summed E-state index contributed by atoms with van der Waals surface area (Å²) in [6, 6.07) is 23.8. The van der Waals surface area contributed by atoms with Crippen LogP contribution < -0.4 is 14.8 Å². The van der Waals surface area contributed by atoms with Crippen molar-refractivity contribution >= 4 is 17.8 Å². The third kappa shape index (κ3) is 6.37. The lowest BCUT2D eigenvalue weighted by molar-refractivity contribution is -0.117. The molecule has 4 rings (SSSR count). The molecule has 0 unspecified atom stereocenters. The zero-order valence-corrected chi connectivity index (χ0v) is 21.6. The molecule has 1 heterocycles. The molecular formula is C29H30N4O5. The highest BCUT2D eigenvalue weighted by atomic mass is 16.5. The molecule has 0 aliphatic carbocycles. The molecule has 1 aromatic heterocycles. The van der Waals surface area contributed by atoms with Gasteiger partial charge in [-0.15, -0.1) is 0 Å². The highest BCUT2D eigenvalue weighted by Gasteiger charge is 2.21. The second-order valence-corrected chi connectivity index (χ2v) is 8.38. The monoisotopic (exact) mass is 514 g/mol. The maximum Gasteiger partial charge on any atom is 0.254 e. The first-order valence-corrected chi connectivity index (χ1v) is 12.0. The van der Waals surface area contributed by atoms with Crippen LogP contribution in [-0.2, 0) is 9.53 Å². The Morgan fingerprint density at radius 3 is 2.11 bits per heavy atom.